The molecule has 0 bridgehead atoms. The average Bonchev–Trinajstić information content (AvgIpc) is 2.86. The molecule has 1 unspecified atom stereocenters. The quantitative estimate of drug-likeness (QED) is 0.809. The van der Waals surface area contributed by atoms with Gasteiger partial charge in [-0.05, 0) is 59.2 Å². The molecule has 0 saturated carbocycles. The van der Waals surface area contributed by atoms with E-state index in [2.05, 4.69) is 44.3 Å². The zero-order valence-corrected chi connectivity index (χ0v) is 16.5. The minimum Gasteiger partial charge on any atom is -0.497 e. The molecule has 0 amide bonds. The van der Waals surface area contributed by atoms with Gasteiger partial charge in [0.1, 0.15) is 11.5 Å². The van der Waals surface area contributed by atoms with E-state index in [4.69, 9.17) is 9.47 Å². The summed E-state index contributed by atoms with van der Waals surface area (Å²) in [6.45, 7) is 4.16. The zero-order chi connectivity index (χ0) is 16.9. The van der Waals surface area contributed by atoms with E-state index in [0.29, 0.717) is 0 Å². The van der Waals surface area contributed by atoms with Crippen molar-refractivity contribution in [3.63, 3.8) is 0 Å². The van der Waals surface area contributed by atoms with Gasteiger partial charge in [0.25, 0.3) is 0 Å². The van der Waals surface area contributed by atoms with Gasteiger partial charge in [-0.1, -0.05) is 0 Å². The van der Waals surface area contributed by atoms with Crippen LogP contribution in [0.3, 0.4) is 0 Å². The number of rotatable bonds is 5. The van der Waals surface area contributed by atoms with E-state index >= 15 is 0 Å². The molecule has 0 aliphatic carbocycles. The van der Waals surface area contributed by atoms with Gasteiger partial charge in [0, 0.05) is 30.1 Å². The van der Waals surface area contributed by atoms with Crippen molar-refractivity contribution in [1.29, 1.82) is 0 Å². The van der Waals surface area contributed by atoms with Gasteiger partial charge in [-0.25, -0.2) is 0 Å². The van der Waals surface area contributed by atoms with Crippen LogP contribution >= 0.6 is 27.3 Å². The van der Waals surface area contributed by atoms with Crippen molar-refractivity contribution in [1.82, 2.24) is 10.2 Å². The molecule has 6 heteroatoms. The van der Waals surface area contributed by atoms with Crippen LogP contribution in [-0.2, 0) is 0 Å². The Hall–Kier alpha value is -1.08. The van der Waals surface area contributed by atoms with Crippen LogP contribution in [0.4, 0.5) is 0 Å². The van der Waals surface area contributed by atoms with Gasteiger partial charge >= 0.3 is 0 Å². The fraction of sp³-hybridized carbons (Fsp3) is 0.444. The van der Waals surface area contributed by atoms with Gasteiger partial charge < -0.3 is 14.8 Å². The maximum absolute atomic E-state index is 5.67. The van der Waals surface area contributed by atoms with Crippen molar-refractivity contribution in [2.24, 2.45) is 0 Å². The molecule has 0 spiro atoms. The number of halogens is 1. The van der Waals surface area contributed by atoms with Crippen molar-refractivity contribution in [2.75, 3.05) is 40.4 Å². The first-order valence-corrected chi connectivity index (χ1v) is 9.76. The molecule has 3 rings (SSSR count). The molecule has 1 saturated heterocycles. The van der Waals surface area contributed by atoms with Crippen LogP contribution in [0, 0.1) is 0 Å². The second-order valence-corrected chi connectivity index (χ2v) is 8.29. The standard InChI is InChI=1S/C18H23BrN2O2S/c1-22-13-4-5-15(23-2)14(12-13)18(16-6-7-17(19)24-16)21-10-3-8-20-9-11-21/h4-7,12,18,20H,3,8-11H2,1-2H3. The number of ether oxygens (including phenoxy) is 2. The van der Waals surface area contributed by atoms with E-state index in [1.807, 2.05) is 12.1 Å². The van der Waals surface area contributed by atoms with Crippen molar-refractivity contribution < 1.29 is 9.47 Å². The van der Waals surface area contributed by atoms with Crippen LogP contribution < -0.4 is 14.8 Å². The molecule has 1 aliphatic heterocycles. The molecule has 0 radical (unpaired) electrons. The molecule has 2 heterocycles. The Balaban J connectivity index is 2.06. The molecule has 1 aromatic carbocycles. The fourth-order valence-electron chi connectivity index (χ4n) is 3.18. The maximum atomic E-state index is 5.67. The number of thiophene rings is 1. The lowest BCUT2D eigenvalue weighted by Crippen LogP contribution is -2.32. The summed E-state index contributed by atoms with van der Waals surface area (Å²) in [5.41, 5.74) is 1.16. The summed E-state index contributed by atoms with van der Waals surface area (Å²) in [5, 5.41) is 3.49. The highest BCUT2D eigenvalue weighted by molar-refractivity contribution is 9.11. The monoisotopic (exact) mass is 410 g/mol. The van der Waals surface area contributed by atoms with Gasteiger partial charge in [-0.2, -0.15) is 0 Å². The Bertz CT molecular complexity index is 669. The second-order valence-electron chi connectivity index (χ2n) is 5.79. The largest absolute Gasteiger partial charge is 0.497 e. The highest BCUT2D eigenvalue weighted by atomic mass is 79.9. The van der Waals surface area contributed by atoms with E-state index < -0.39 is 0 Å². The smallest absolute Gasteiger partial charge is 0.124 e. The van der Waals surface area contributed by atoms with E-state index in [1.54, 1.807) is 25.6 Å². The predicted molar refractivity (Wildman–Crippen MR) is 102 cm³/mol. The molecule has 1 fully saturated rings. The maximum Gasteiger partial charge on any atom is 0.124 e. The Morgan fingerprint density at radius 3 is 2.71 bits per heavy atom. The molecular weight excluding hydrogens is 388 g/mol. The van der Waals surface area contributed by atoms with Crippen LogP contribution in [-0.4, -0.2) is 45.3 Å². The highest BCUT2D eigenvalue weighted by Crippen LogP contribution is 2.40. The van der Waals surface area contributed by atoms with E-state index in [9.17, 15) is 0 Å². The normalized spacial score (nSPS) is 17.3. The molecule has 1 N–H and O–H groups in total. The first-order valence-electron chi connectivity index (χ1n) is 8.15. The minimum atomic E-state index is 0.172. The lowest BCUT2D eigenvalue weighted by Gasteiger charge is -2.31. The van der Waals surface area contributed by atoms with Crippen LogP contribution in [0.2, 0.25) is 0 Å². The molecule has 2 aromatic rings. The van der Waals surface area contributed by atoms with Crippen molar-refractivity contribution in [2.45, 2.75) is 12.5 Å². The van der Waals surface area contributed by atoms with Gasteiger partial charge in [-0.3, -0.25) is 4.90 Å². The number of hydrogen-bond acceptors (Lipinski definition) is 5. The summed E-state index contributed by atoms with van der Waals surface area (Å²) in [4.78, 5) is 3.85. The van der Waals surface area contributed by atoms with Gasteiger partial charge in [0.05, 0.1) is 24.0 Å². The molecule has 1 atom stereocenters. The molecule has 1 aliphatic rings. The first-order chi connectivity index (χ1) is 11.7. The minimum absolute atomic E-state index is 0.172. The summed E-state index contributed by atoms with van der Waals surface area (Å²) < 4.78 is 12.3. The zero-order valence-electron chi connectivity index (χ0n) is 14.0. The number of benzene rings is 1. The summed E-state index contributed by atoms with van der Waals surface area (Å²) in [6.07, 6.45) is 1.15. The number of nitrogens with zero attached hydrogens (tertiary/aromatic N) is 1. The van der Waals surface area contributed by atoms with Crippen molar-refractivity contribution in [3.05, 3.63) is 44.6 Å². The van der Waals surface area contributed by atoms with E-state index in [-0.39, 0.29) is 6.04 Å². The topological polar surface area (TPSA) is 33.7 Å². The van der Waals surface area contributed by atoms with E-state index in [1.165, 1.54) is 4.88 Å². The number of methoxy groups -OCH3 is 2. The van der Waals surface area contributed by atoms with Gasteiger partial charge in [0.2, 0.25) is 0 Å². The van der Waals surface area contributed by atoms with Crippen LogP contribution in [0.15, 0.2) is 34.1 Å². The van der Waals surface area contributed by atoms with Gasteiger partial charge in [-0.15, -0.1) is 11.3 Å². The summed E-state index contributed by atoms with van der Waals surface area (Å²) in [7, 11) is 3.44. The molecule has 1 aromatic heterocycles. The summed E-state index contributed by atoms with van der Waals surface area (Å²) in [6, 6.07) is 10.6. The van der Waals surface area contributed by atoms with Crippen molar-refractivity contribution >= 4 is 27.3 Å². The van der Waals surface area contributed by atoms with Gasteiger partial charge in [0.15, 0.2) is 0 Å². The third-order valence-corrected chi connectivity index (χ3v) is 6.01. The predicted octanol–water partition coefficient (Wildman–Crippen LogP) is 3.91. The number of hydrogen-bond donors (Lipinski definition) is 1. The Morgan fingerprint density at radius 2 is 2.00 bits per heavy atom. The van der Waals surface area contributed by atoms with Crippen LogP contribution in [0.1, 0.15) is 22.9 Å². The molecule has 130 valence electrons. The lowest BCUT2D eigenvalue weighted by molar-refractivity contribution is 0.238. The fourth-order valence-corrected chi connectivity index (χ4v) is 4.76. The Kier molecular flexibility index (Phi) is 6.16. The van der Waals surface area contributed by atoms with Crippen LogP contribution in [0.25, 0.3) is 0 Å². The Labute approximate surface area is 155 Å². The van der Waals surface area contributed by atoms with Crippen LogP contribution in [0.5, 0.6) is 11.5 Å². The SMILES string of the molecule is COc1ccc(OC)c(C(c2ccc(Br)s2)N2CCCNCC2)c1. The summed E-state index contributed by atoms with van der Waals surface area (Å²) in [5.74, 6) is 1.77. The highest BCUT2D eigenvalue weighted by Gasteiger charge is 2.27. The molecule has 4 nitrogen and oxygen atoms in total. The number of nitrogens with one attached hydrogen (secondary N) is 1. The third kappa shape index (κ3) is 3.94. The lowest BCUT2D eigenvalue weighted by atomic mass is 10.0. The third-order valence-electron chi connectivity index (χ3n) is 4.33. The Morgan fingerprint density at radius 1 is 1.12 bits per heavy atom. The average molecular weight is 411 g/mol. The first kappa shape index (κ1) is 17.7. The molecule has 24 heavy (non-hydrogen) atoms. The molecular formula is C18H23BrN2O2S. The summed E-state index contributed by atoms with van der Waals surface area (Å²) >= 11 is 5.39. The second kappa shape index (κ2) is 8.34. The van der Waals surface area contributed by atoms with E-state index in [0.717, 1.165) is 53.4 Å². The van der Waals surface area contributed by atoms with Crippen molar-refractivity contribution in [3.8, 4) is 11.5 Å².